The minimum absolute atomic E-state index is 0.318. The van der Waals surface area contributed by atoms with Gasteiger partial charge in [0.2, 0.25) is 0 Å². The van der Waals surface area contributed by atoms with Gasteiger partial charge in [-0.15, -0.1) is 0 Å². The molecule has 1 saturated heterocycles. The van der Waals surface area contributed by atoms with Gasteiger partial charge in [-0.2, -0.15) is 13.2 Å². The first-order valence-corrected chi connectivity index (χ1v) is 5.49. The van der Waals surface area contributed by atoms with Crippen LogP contribution in [-0.2, 0) is 14.8 Å². The lowest BCUT2D eigenvalue weighted by Crippen LogP contribution is -2.40. The molecule has 1 unspecified atom stereocenters. The number of sulfonamides is 1. The van der Waals surface area contributed by atoms with Crippen LogP contribution < -0.4 is 4.72 Å². The molecule has 0 aromatic rings. The molecule has 0 radical (unpaired) electrons. The van der Waals surface area contributed by atoms with E-state index >= 15 is 0 Å². The summed E-state index contributed by atoms with van der Waals surface area (Å²) in [5.74, 6) is 0. The van der Waals surface area contributed by atoms with Crippen molar-refractivity contribution >= 4 is 10.0 Å². The molecular weight excluding hydrogens is 223 g/mol. The van der Waals surface area contributed by atoms with Crippen molar-refractivity contribution < 1.29 is 26.3 Å². The van der Waals surface area contributed by atoms with E-state index in [4.69, 9.17) is 4.74 Å². The highest BCUT2D eigenvalue weighted by Gasteiger charge is 2.45. The largest absolute Gasteiger partial charge is 0.511 e. The van der Waals surface area contributed by atoms with Crippen LogP contribution in [0.25, 0.3) is 0 Å². The summed E-state index contributed by atoms with van der Waals surface area (Å²) in [5.41, 5.74) is -5.24. The summed E-state index contributed by atoms with van der Waals surface area (Å²) in [4.78, 5) is 0. The molecule has 0 saturated carbocycles. The molecule has 1 heterocycles. The van der Waals surface area contributed by atoms with Crippen LogP contribution >= 0.6 is 0 Å². The standard InChI is InChI=1S/C6H10F3NO3S/c7-6(8,9)14(11,12)10-4-5-2-1-3-13-5/h5,10H,1-4H2. The van der Waals surface area contributed by atoms with Gasteiger partial charge in [0.25, 0.3) is 0 Å². The summed E-state index contributed by atoms with van der Waals surface area (Å²) in [6.07, 6.45) is 0.894. The Morgan fingerprint density at radius 3 is 2.50 bits per heavy atom. The van der Waals surface area contributed by atoms with Gasteiger partial charge in [0.05, 0.1) is 6.10 Å². The number of alkyl halides is 3. The highest BCUT2D eigenvalue weighted by molar-refractivity contribution is 7.90. The summed E-state index contributed by atoms with van der Waals surface area (Å²) in [7, 11) is -5.22. The third-order valence-corrected chi connectivity index (χ3v) is 2.99. The van der Waals surface area contributed by atoms with E-state index in [9.17, 15) is 21.6 Å². The zero-order valence-electron chi connectivity index (χ0n) is 7.17. The summed E-state index contributed by atoms with van der Waals surface area (Å²) in [6.45, 7) is 0.153. The van der Waals surface area contributed by atoms with E-state index in [0.29, 0.717) is 13.0 Å². The van der Waals surface area contributed by atoms with E-state index in [1.807, 2.05) is 0 Å². The number of ether oxygens (including phenoxy) is 1. The lowest BCUT2D eigenvalue weighted by atomic mass is 10.2. The van der Waals surface area contributed by atoms with Gasteiger partial charge in [0, 0.05) is 13.2 Å². The quantitative estimate of drug-likeness (QED) is 0.776. The van der Waals surface area contributed by atoms with Crippen molar-refractivity contribution in [2.24, 2.45) is 0 Å². The number of hydrogen-bond donors (Lipinski definition) is 1. The van der Waals surface area contributed by atoms with Crippen LogP contribution in [0.2, 0.25) is 0 Å². The zero-order valence-corrected chi connectivity index (χ0v) is 7.99. The number of rotatable bonds is 3. The van der Waals surface area contributed by atoms with Gasteiger partial charge in [-0.05, 0) is 12.8 Å². The van der Waals surface area contributed by atoms with Crippen LogP contribution in [0.4, 0.5) is 13.2 Å². The molecule has 0 spiro atoms. The van der Waals surface area contributed by atoms with E-state index in [-0.39, 0.29) is 6.54 Å². The Labute approximate surface area is 79.5 Å². The second-order valence-electron chi connectivity index (χ2n) is 2.93. The fourth-order valence-electron chi connectivity index (χ4n) is 1.09. The number of halogens is 3. The maximum Gasteiger partial charge on any atom is 0.511 e. The van der Waals surface area contributed by atoms with E-state index in [0.717, 1.165) is 6.42 Å². The van der Waals surface area contributed by atoms with Gasteiger partial charge in [-0.1, -0.05) is 0 Å². The molecule has 1 aliphatic heterocycles. The Kier molecular flexibility index (Phi) is 3.38. The summed E-state index contributed by atoms with van der Waals surface area (Å²) < 4.78 is 62.9. The fraction of sp³-hybridized carbons (Fsp3) is 1.00. The van der Waals surface area contributed by atoms with Crippen LogP contribution in [0.3, 0.4) is 0 Å². The maximum atomic E-state index is 11.8. The molecule has 1 rings (SSSR count). The van der Waals surface area contributed by atoms with Crippen molar-refractivity contribution in [1.82, 2.24) is 4.72 Å². The van der Waals surface area contributed by atoms with E-state index < -0.39 is 21.6 Å². The predicted molar refractivity (Wildman–Crippen MR) is 42.0 cm³/mol. The zero-order chi connectivity index (χ0) is 10.8. The predicted octanol–water partition coefficient (Wildman–Crippen LogP) is 0.605. The smallest absolute Gasteiger partial charge is 0.377 e. The first-order chi connectivity index (χ1) is 6.33. The monoisotopic (exact) mass is 233 g/mol. The second-order valence-corrected chi connectivity index (χ2v) is 4.69. The minimum atomic E-state index is -5.24. The Balaban J connectivity index is 2.44. The van der Waals surface area contributed by atoms with Crippen molar-refractivity contribution in [2.75, 3.05) is 13.2 Å². The van der Waals surface area contributed by atoms with Gasteiger partial charge >= 0.3 is 15.5 Å². The molecular formula is C6H10F3NO3S. The van der Waals surface area contributed by atoms with Crippen LogP contribution in [0, 0.1) is 0 Å². The van der Waals surface area contributed by atoms with Gasteiger partial charge in [-0.25, -0.2) is 13.1 Å². The third-order valence-electron chi connectivity index (χ3n) is 1.83. The van der Waals surface area contributed by atoms with Crippen LogP contribution in [-0.4, -0.2) is 33.2 Å². The molecule has 8 heteroatoms. The normalized spacial score (nSPS) is 24.1. The topological polar surface area (TPSA) is 55.4 Å². The van der Waals surface area contributed by atoms with Gasteiger partial charge in [0.15, 0.2) is 0 Å². The Morgan fingerprint density at radius 1 is 1.43 bits per heavy atom. The van der Waals surface area contributed by atoms with Gasteiger partial charge in [-0.3, -0.25) is 0 Å². The second kappa shape index (κ2) is 4.03. The van der Waals surface area contributed by atoms with Crippen molar-refractivity contribution in [1.29, 1.82) is 0 Å². The average molecular weight is 233 g/mol. The van der Waals surface area contributed by atoms with Crippen molar-refractivity contribution in [3.63, 3.8) is 0 Å². The Hall–Kier alpha value is -0.340. The van der Waals surface area contributed by atoms with Crippen LogP contribution in [0.1, 0.15) is 12.8 Å². The highest BCUT2D eigenvalue weighted by Crippen LogP contribution is 2.22. The van der Waals surface area contributed by atoms with Crippen LogP contribution in [0.15, 0.2) is 0 Å². The molecule has 1 aliphatic rings. The lowest BCUT2D eigenvalue weighted by Gasteiger charge is -2.12. The number of nitrogens with one attached hydrogen (secondary N) is 1. The molecule has 4 nitrogen and oxygen atoms in total. The maximum absolute atomic E-state index is 11.8. The first-order valence-electron chi connectivity index (χ1n) is 4.00. The molecule has 84 valence electrons. The minimum Gasteiger partial charge on any atom is -0.377 e. The highest BCUT2D eigenvalue weighted by atomic mass is 32.2. The molecule has 0 aromatic heterocycles. The average Bonchev–Trinajstić information content (AvgIpc) is 2.50. The van der Waals surface area contributed by atoms with Crippen molar-refractivity contribution in [3.05, 3.63) is 0 Å². The molecule has 1 fully saturated rings. The van der Waals surface area contributed by atoms with Crippen molar-refractivity contribution in [2.45, 2.75) is 24.5 Å². The van der Waals surface area contributed by atoms with Crippen LogP contribution in [0.5, 0.6) is 0 Å². The number of hydrogen-bond acceptors (Lipinski definition) is 3. The molecule has 1 N–H and O–H groups in total. The van der Waals surface area contributed by atoms with E-state index in [1.54, 1.807) is 0 Å². The summed E-state index contributed by atoms with van der Waals surface area (Å²) in [5, 5.41) is 0. The Morgan fingerprint density at radius 2 is 2.07 bits per heavy atom. The lowest BCUT2D eigenvalue weighted by molar-refractivity contribution is -0.0450. The third kappa shape index (κ3) is 2.82. The fourth-order valence-corrected chi connectivity index (χ4v) is 1.66. The summed E-state index contributed by atoms with van der Waals surface area (Å²) in [6, 6.07) is 0. The van der Waals surface area contributed by atoms with E-state index in [1.165, 1.54) is 4.72 Å². The molecule has 0 amide bonds. The van der Waals surface area contributed by atoms with Gasteiger partial charge < -0.3 is 4.74 Å². The van der Waals surface area contributed by atoms with Crippen molar-refractivity contribution in [3.8, 4) is 0 Å². The molecule has 0 aliphatic carbocycles. The molecule has 14 heavy (non-hydrogen) atoms. The molecule has 1 atom stereocenters. The first kappa shape index (κ1) is 11.7. The summed E-state index contributed by atoms with van der Waals surface area (Å²) >= 11 is 0. The van der Waals surface area contributed by atoms with Gasteiger partial charge in [0.1, 0.15) is 0 Å². The Bertz CT molecular complexity index is 281. The SMILES string of the molecule is O=S(=O)(NCC1CCCO1)C(F)(F)F. The van der Waals surface area contributed by atoms with E-state index in [2.05, 4.69) is 0 Å². The molecule has 0 aromatic carbocycles. The molecule has 0 bridgehead atoms.